The molecule has 2 unspecified atom stereocenters. The van der Waals surface area contributed by atoms with E-state index in [4.69, 9.17) is 21.1 Å². The standard InChI is InChI=1S/C13H13ClF3NO2/c1-7-11(19-2)8-4-3-5-9(14)10(8)18-12(7)20-6-13(15,16)17/h3-5,7,11H,6H2,1-2H3. The molecule has 1 aliphatic heterocycles. The van der Waals surface area contributed by atoms with Crippen LogP contribution in [0.5, 0.6) is 0 Å². The number of methoxy groups -OCH3 is 1. The number of aliphatic imine (C=N–C) groups is 1. The third-order valence-corrected chi connectivity index (χ3v) is 3.33. The molecule has 0 spiro atoms. The number of ether oxygens (including phenoxy) is 2. The van der Waals surface area contributed by atoms with E-state index in [0.29, 0.717) is 10.7 Å². The first-order valence-electron chi connectivity index (χ1n) is 5.93. The van der Waals surface area contributed by atoms with Crippen LogP contribution in [0.2, 0.25) is 5.02 Å². The predicted molar refractivity (Wildman–Crippen MR) is 69.5 cm³/mol. The number of halogens is 4. The van der Waals surface area contributed by atoms with Crippen LogP contribution in [0, 0.1) is 5.92 Å². The quantitative estimate of drug-likeness (QED) is 0.816. The third-order valence-electron chi connectivity index (χ3n) is 3.03. The largest absolute Gasteiger partial charge is 0.471 e. The van der Waals surface area contributed by atoms with Crippen LogP contribution in [0.3, 0.4) is 0 Å². The summed E-state index contributed by atoms with van der Waals surface area (Å²) in [5.74, 6) is -0.442. The fraction of sp³-hybridized carbons (Fsp3) is 0.462. The highest BCUT2D eigenvalue weighted by Gasteiger charge is 2.35. The van der Waals surface area contributed by atoms with Crippen molar-refractivity contribution in [3.63, 3.8) is 0 Å². The molecule has 0 fully saturated rings. The highest BCUT2D eigenvalue weighted by atomic mass is 35.5. The number of fused-ring (bicyclic) bond motifs is 1. The minimum Gasteiger partial charge on any atom is -0.471 e. The van der Waals surface area contributed by atoms with Gasteiger partial charge in [0.1, 0.15) is 0 Å². The van der Waals surface area contributed by atoms with Crippen molar-refractivity contribution in [1.29, 1.82) is 0 Å². The molecule has 0 amide bonds. The van der Waals surface area contributed by atoms with Crippen molar-refractivity contribution >= 4 is 23.2 Å². The Morgan fingerprint density at radius 2 is 2.05 bits per heavy atom. The summed E-state index contributed by atoms with van der Waals surface area (Å²) in [7, 11) is 1.48. The van der Waals surface area contributed by atoms with Crippen molar-refractivity contribution in [3.8, 4) is 0 Å². The molecule has 110 valence electrons. The summed E-state index contributed by atoms with van der Waals surface area (Å²) in [6.45, 7) is 0.319. The molecule has 1 heterocycles. The van der Waals surface area contributed by atoms with Gasteiger partial charge in [-0.25, -0.2) is 4.99 Å². The van der Waals surface area contributed by atoms with E-state index in [2.05, 4.69) is 4.99 Å². The molecule has 2 rings (SSSR count). The van der Waals surface area contributed by atoms with Crippen LogP contribution in [0.15, 0.2) is 23.2 Å². The Labute approximate surface area is 119 Å². The lowest BCUT2D eigenvalue weighted by Gasteiger charge is -2.30. The van der Waals surface area contributed by atoms with Crippen LogP contribution in [0.25, 0.3) is 0 Å². The molecule has 1 aliphatic rings. The fourth-order valence-corrected chi connectivity index (χ4v) is 2.37. The number of benzene rings is 1. The lowest BCUT2D eigenvalue weighted by atomic mass is 9.93. The molecule has 3 nitrogen and oxygen atoms in total. The Morgan fingerprint density at radius 1 is 1.35 bits per heavy atom. The second-order valence-electron chi connectivity index (χ2n) is 4.48. The maximum absolute atomic E-state index is 12.3. The van der Waals surface area contributed by atoms with Gasteiger partial charge in [0.15, 0.2) is 12.5 Å². The van der Waals surface area contributed by atoms with Gasteiger partial charge in [0.2, 0.25) is 0 Å². The molecule has 0 bridgehead atoms. The Bertz CT molecular complexity index is 531. The highest BCUT2D eigenvalue weighted by Crippen LogP contribution is 2.42. The van der Waals surface area contributed by atoms with E-state index < -0.39 is 24.8 Å². The number of alkyl halides is 3. The van der Waals surface area contributed by atoms with Gasteiger partial charge >= 0.3 is 6.18 Å². The second kappa shape index (κ2) is 5.61. The average Bonchev–Trinajstić information content (AvgIpc) is 2.36. The lowest BCUT2D eigenvalue weighted by molar-refractivity contribution is -0.157. The van der Waals surface area contributed by atoms with Crippen molar-refractivity contribution in [3.05, 3.63) is 28.8 Å². The van der Waals surface area contributed by atoms with Crippen LogP contribution in [-0.2, 0) is 9.47 Å². The van der Waals surface area contributed by atoms with Gasteiger partial charge in [-0.3, -0.25) is 0 Å². The molecule has 1 aromatic rings. The number of hydrogen-bond donors (Lipinski definition) is 0. The number of para-hydroxylation sites is 1. The van der Waals surface area contributed by atoms with Crippen LogP contribution in [0.4, 0.5) is 18.9 Å². The SMILES string of the molecule is COC1c2cccc(Cl)c2N=C(OCC(F)(F)F)C1C. The average molecular weight is 308 g/mol. The molecule has 20 heavy (non-hydrogen) atoms. The van der Waals surface area contributed by atoms with Crippen molar-refractivity contribution in [2.45, 2.75) is 19.2 Å². The normalized spacial score (nSPS) is 22.2. The summed E-state index contributed by atoms with van der Waals surface area (Å²) >= 11 is 6.03. The van der Waals surface area contributed by atoms with Crippen LogP contribution >= 0.6 is 11.6 Å². The molecule has 7 heteroatoms. The summed E-state index contributed by atoms with van der Waals surface area (Å²) in [5.41, 5.74) is 1.14. The summed E-state index contributed by atoms with van der Waals surface area (Å²) in [6.07, 6.45) is -4.85. The molecular formula is C13H13ClF3NO2. The topological polar surface area (TPSA) is 30.8 Å². The fourth-order valence-electron chi connectivity index (χ4n) is 2.14. The van der Waals surface area contributed by atoms with Crippen molar-refractivity contribution < 1.29 is 22.6 Å². The van der Waals surface area contributed by atoms with E-state index in [1.807, 2.05) is 0 Å². The minimum absolute atomic E-state index is 0.0187. The summed E-state index contributed by atoms with van der Waals surface area (Å²) < 4.78 is 46.9. The zero-order chi connectivity index (χ0) is 14.9. The van der Waals surface area contributed by atoms with E-state index in [0.717, 1.165) is 5.56 Å². The first kappa shape index (κ1) is 15.1. The van der Waals surface area contributed by atoms with E-state index in [1.165, 1.54) is 7.11 Å². The first-order chi connectivity index (χ1) is 9.33. The van der Waals surface area contributed by atoms with E-state index in [9.17, 15) is 13.2 Å². The maximum atomic E-state index is 12.3. The van der Waals surface area contributed by atoms with Crippen LogP contribution in [-0.4, -0.2) is 25.8 Å². The molecule has 1 aromatic carbocycles. The van der Waals surface area contributed by atoms with E-state index in [-0.39, 0.29) is 5.90 Å². The minimum atomic E-state index is -4.41. The maximum Gasteiger partial charge on any atom is 0.422 e. The predicted octanol–water partition coefficient (Wildman–Crippen LogP) is 4.29. The molecule has 0 saturated carbocycles. The monoisotopic (exact) mass is 307 g/mol. The van der Waals surface area contributed by atoms with Gasteiger partial charge in [-0.2, -0.15) is 13.2 Å². The number of rotatable bonds is 2. The molecule has 0 aromatic heterocycles. The number of hydrogen-bond acceptors (Lipinski definition) is 3. The van der Waals surface area contributed by atoms with Gasteiger partial charge in [-0.05, 0) is 6.07 Å². The molecule has 0 saturated heterocycles. The molecular weight excluding hydrogens is 295 g/mol. The zero-order valence-electron chi connectivity index (χ0n) is 10.9. The summed E-state index contributed by atoms with van der Waals surface area (Å²) in [6, 6.07) is 5.15. The Hall–Kier alpha value is -1.27. The van der Waals surface area contributed by atoms with Gasteiger partial charge < -0.3 is 9.47 Å². The Kier molecular flexibility index (Phi) is 4.25. The van der Waals surface area contributed by atoms with E-state index >= 15 is 0 Å². The summed E-state index contributed by atoms with van der Waals surface area (Å²) in [4.78, 5) is 4.11. The highest BCUT2D eigenvalue weighted by molar-refractivity contribution is 6.33. The van der Waals surface area contributed by atoms with Gasteiger partial charge in [-0.1, -0.05) is 30.7 Å². The molecule has 0 radical (unpaired) electrons. The summed E-state index contributed by atoms with van der Waals surface area (Å²) in [5, 5.41) is 0.351. The van der Waals surface area contributed by atoms with Crippen LogP contribution < -0.4 is 0 Å². The molecule has 0 aliphatic carbocycles. The lowest BCUT2D eigenvalue weighted by Crippen LogP contribution is -2.30. The van der Waals surface area contributed by atoms with Crippen molar-refractivity contribution in [1.82, 2.24) is 0 Å². The third kappa shape index (κ3) is 3.07. The second-order valence-corrected chi connectivity index (χ2v) is 4.88. The Morgan fingerprint density at radius 3 is 2.65 bits per heavy atom. The van der Waals surface area contributed by atoms with E-state index in [1.54, 1.807) is 25.1 Å². The Balaban J connectivity index is 2.36. The van der Waals surface area contributed by atoms with Gasteiger partial charge in [0.05, 0.1) is 22.7 Å². The molecule has 2 atom stereocenters. The van der Waals surface area contributed by atoms with Gasteiger partial charge in [-0.15, -0.1) is 0 Å². The number of nitrogens with zero attached hydrogens (tertiary/aromatic N) is 1. The van der Waals surface area contributed by atoms with Gasteiger partial charge in [0.25, 0.3) is 0 Å². The van der Waals surface area contributed by atoms with Gasteiger partial charge in [0, 0.05) is 12.7 Å². The zero-order valence-corrected chi connectivity index (χ0v) is 11.6. The first-order valence-corrected chi connectivity index (χ1v) is 6.30. The van der Waals surface area contributed by atoms with Crippen LogP contribution in [0.1, 0.15) is 18.6 Å². The smallest absolute Gasteiger partial charge is 0.422 e. The van der Waals surface area contributed by atoms with Crippen molar-refractivity contribution in [2.75, 3.05) is 13.7 Å². The van der Waals surface area contributed by atoms with Crippen molar-refractivity contribution in [2.24, 2.45) is 10.9 Å². The molecule has 0 N–H and O–H groups in total.